The van der Waals surface area contributed by atoms with E-state index in [9.17, 15) is 24.4 Å². The van der Waals surface area contributed by atoms with Crippen LogP contribution in [0.25, 0.3) is 5.65 Å². The first-order valence-corrected chi connectivity index (χ1v) is 12.6. The third-order valence-electron chi connectivity index (χ3n) is 5.76. The molecular weight excluding hydrogens is 511 g/mol. The summed E-state index contributed by atoms with van der Waals surface area (Å²) in [5.74, 6) is -0.720. The summed E-state index contributed by atoms with van der Waals surface area (Å²) in [6, 6.07) is 7.02. The van der Waals surface area contributed by atoms with Crippen LogP contribution >= 0.6 is 7.75 Å². The van der Waals surface area contributed by atoms with E-state index in [4.69, 9.17) is 19.5 Å². The number of carbonyl (C=O) groups is 1. The van der Waals surface area contributed by atoms with Crippen molar-refractivity contribution in [1.29, 1.82) is 0 Å². The van der Waals surface area contributed by atoms with Gasteiger partial charge in [0.2, 0.25) is 11.6 Å². The Kier molecular flexibility index (Phi) is 7.37. The molecule has 6 N–H and O–H groups in total. The number of para-hydroxylation sites is 1. The van der Waals surface area contributed by atoms with Crippen LogP contribution in [0.5, 0.6) is 5.75 Å². The zero-order chi connectivity index (χ0) is 27.0. The highest BCUT2D eigenvalue weighted by molar-refractivity contribution is 7.52. The summed E-state index contributed by atoms with van der Waals surface area (Å²) in [4.78, 5) is 30.3. The Balaban J connectivity index is 1.57. The minimum Gasteiger partial charge on any atom is -0.468 e. The molecule has 6 atom stereocenters. The van der Waals surface area contributed by atoms with Crippen molar-refractivity contribution >= 4 is 25.3 Å². The molecule has 1 saturated heterocycles. The Morgan fingerprint density at radius 1 is 1.41 bits per heavy atom. The lowest BCUT2D eigenvalue weighted by atomic mass is 9.91. The van der Waals surface area contributed by atoms with Gasteiger partial charge >= 0.3 is 13.7 Å². The predicted molar refractivity (Wildman–Crippen MR) is 128 cm³/mol. The van der Waals surface area contributed by atoms with E-state index in [1.54, 1.807) is 18.2 Å². The average Bonchev–Trinajstić information content (AvgIpc) is 3.36. The number of methoxy groups -OCH3 is 1. The quantitative estimate of drug-likeness (QED) is 0.178. The highest BCUT2D eigenvalue weighted by Gasteiger charge is 2.54. The van der Waals surface area contributed by atoms with Gasteiger partial charge in [-0.1, -0.05) is 18.2 Å². The van der Waals surface area contributed by atoms with E-state index in [1.807, 2.05) is 0 Å². The standard InChI is InChI=1S/C21H27N6O9P/c1-11(19(30)33-3)26-37(32,36-12-7-5-4-6-8-12)34-10-14-15(28)21(2,31)16(35-14)13-9-23-17-18(29)24-20(22)25-27(13)17/h4-9,11,14-16,28,31H,10H2,1-3H3,(H,26,32)(H3,22,24,25,29)/t11-,14+,15+,16-,21+,37?/m0/s1. The fraction of sp³-hybridized carbons (Fsp3) is 0.429. The van der Waals surface area contributed by atoms with Crippen LogP contribution in [0.3, 0.4) is 0 Å². The van der Waals surface area contributed by atoms with Crippen molar-refractivity contribution in [2.75, 3.05) is 19.5 Å². The number of carbonyl (C=O) groups excluding carboxylic acids is 1. The van der Waals surface area contributed by atoms with Crippen LogP contribution in [0.15, 0.2) is 41.3 Å². The zero-order valence-electron chi connectivity index (χ0n) is 20.1. The summed E-state index contributed by atoms with van der Waals surface area (Å²) in [5.41, 5.74) is 3.16. The third kappa shape index (κ3) is 5.37. The largest absolute Gasteiger partial charge is 0.468 e. The van der Waals surface area contributed by atoms with Crippen LogP contribution in [-0.2, 0) is 23.4 Å². The molecule has 0 saturated carbocycles. The number of esters is 1. The first-order valence-electron chi connectivity index (χ1n) is 11.1. The molecule has 0 aliphatic carbocycles. The molecule has 3 heterocycles. The summed E-state index contributed by atoms with van der Waals surface area (Å²) in [6.07, 6.45) is -2.72. The number of aromatic nitrogens is 4. The lowest BCUT2D eigenvalue weighted by Crippen LogP contribution is -2.43. The number of nitrogens with one attached hydrogen (secondary N) is 2. The second kappa shape index (κ2) is 10.2. The second-order valence-electron chi connectivity index (χ2n) is 8.55. The molecule has 15 nitrogen and oxygen atoms in total. The van der Waals surface area contributed by atoms with Crippen molar-refractivity contribution in [2.24, 2.45) is 0 Å². The summed E-state index contributed by atoms with van der Waals surface area (Å²) in [6.45, 7) is 2.20. The van der Waals surface area contributed by atoms with E-state index in [1.165, 1.54) is 39.3 Å². The molecule has 1 aliphatic heterocycles. The first kappa shape index (κ1) is 26.7. The van der Waals surface area contributed by atoms with Gasteiger partial charge in [0.1, 0.15) is 35.7 Å². The number of benzene rings is 1. The van der Waals surface area contributed by atoms with Crippen LogP contribution in [0.4, 0.5) is 5.95 Å². The number of rotatable bonds is 9. The van der Waals surface area contributed by atoms with Crippen LogP contribution in [0.1, 0.15) is 25.6 Å². The van der Waals surface area contributed by atoms with Crippen LogP contribution in [-0.4, -0.2) is 73.3 Å². The Morgan fingerprint density at radius 2 is 2.11 bits per heavy atom. The number of hydrogen-bond donors (Lipinski definition) is 5. The molecule has 0 radical (unpaired) electrons. The van der Waals surface area contributed by atoms with Gasteiger partial charge in [0.15, 0.2) is 0 Å². The number of nitrogens with two attached hydrogens (primary N) is 1. The maximum Gasteiger partial charge on any atom is 0.459 e. The van der Waals surface area contributed by atoms with E-state index >= 15 is 0 Å². The van der Waals surface area contributed by atoms with E-state index < -0.39 is 55.8 Å². The molecule has 4 rings (SSSR count). The highest BCUT2D eigenvalue weighted by atomic mass is 31.2. The monoisotopic (exact) mass is 538 g/mol. The number of aromatic amines is 1. The molecule has 3 aromatic rings. The van der Waals surface area contributed by atoms with Gasteiger partial charge in [-0.05, 0) is 26.0 Å². The molecule has 1 unspecified atom stereocenters. The summed E-state index contributed by atoms with van der Waals surface area (Å²) in [5, 5.41) is 28.4. The average molecular weight is 538 g/mol. The predicted octanol–water partition coefficient (Wildman–Crippen LogP) is -0.0936. The van der Waals surface area contributed by atoms with Crippen molar-refractivity contribution in [3.8, 4) is 5.75 Å². The molecule has 0 spiro atoms. The van der Waals surface area contributed by atoms with Gasteiger partial charge in [-0.25, -0.2) is 14.1 Å². The SMILES string of the molecule is COC(=O)[C@H](C)NP(=O)(OC[C@H]1O[C@@H](c2cnc3c(=O)[nH]c(N)nn23)[C@](C)(O)[C@@H]1O)Oc1ccccc1. The fourth-order valence-corrected chi connectivity index (χ4v) is 5.37. The minimum absolute atomic E-state index is 0.0976. The normalized spacial score (nSPS) is 26.0. The van der Waals surface area contributed by atoms with E-state index in [0.717, 1.165) is 4.52 Å². The maximum atomic E-state index is 13.6. The molecule has 1 aliphatic rings. The first-order chi connectivity index (χ1) is 17.4. The minimum atomic E-state index is -4.23. The van der Waals surface area contributed by atoms with Crippen molar-refractivity contribution in [3.63, 3.8) is 0 Å². The molecule has 37 heavy (non-hydrogen) atoms. The molecule has 0 amide bonds. The number of ether oxygens (including phenoxy) is 2. The van der Waals surface area contributed by atoms with E-state index in [2.05, 4.69) is 24.9 Å². The Morgan fingerprint density at radius 3 is 2.78 bits per heavy atom. The van der Waals surface area contributed by atoms with Gasteiger partial charge in [0.25, 0.3) is 5.56 Å². The van der Waals surface area contributed by atoms with Crippen molar-refractivity contribution in [2.45, 2.75) is 43.8 Å². The van der Waals surface area contributed by atoms with Crippen molar-refractivity contribution in [3.05, 3.63) is 52.6 Å². The summed E-state index contributed by atoms with van der Waals surface area (Å²) >= 11 is 0. The highest BCUT2D eigenvalue weighted by Crippen LogP contribution is 2.47. The Hall–Kier alpha value is -3.33. The van der Waals surface area contributed by atoms with Crippen molar-refractivity contribution in [1.82, 2.24) is 24.7 Å². The third-order valence-corrected chi connectivity index (χ3v) is 7.41. The molecule has 0 bridgehead atoms. The van der Waals surface area contributed by atoms with Gasteiger partial charge in [-0.2, -0.15) is 5.09 Å². The number of aliphatic hydroxyl groups excluding tert-OH is 1. The van der Waals surface area contributed by atoms with Gasteiger partial charge in [-0.15, -0.1) is 5.10 Å². The molecular formula is C21H27N6O9P. The lowest BCUT2D eigenvalue weighted by molar-refractivity contribution is -0.142. The smallest absolute Gasteiger partial charge is 0.459 e. The van der Waals surface area contributed by atoms with E-state index in [0.29, 0.717) is 0 Å². The Labute approximate surface area is 210 Å². The topological polar surface area (TPSA) is 213 Å². The number of imidazole rings is 1. The summed E-state index contributed by atoms with van der Waals surface area (Å²) < 4.78 is 36.3. The van der Waals surface area contributed by atoms with Gasteiger partial charge < -0.3 is 29.9 Å². The molecule has 2 aromatic heterocycles. The Bertz CT molecular complexity index is 1380. The van der Waals surface area contributed by atoms with Crippen molar-refractivity contribution < 1.29 is 38.1 Å². The van der Waals surface area contributed by atoms with Crippen LogP contribution in [0.2, 0.25) is 0 Å². The van der Waals surface area contributed by atoms with Crippen LogP contribution < -0.4 is 20.9 Å². The number of hydrogen-bond acceptors (Lipinski definition) is 12. The number of anilines is 1. The fourth-order valence-electron chi connectivity index (χ4n) is 3.87. The molecule has 200 valence electrons. The zero-order valence-corrected chi connectivity index (χ0v) is 21.0. The van der Waals surface area contributed by atoms with Gasteiger partial charge in [-0.3, -0.25) is 19.1 Å². The number of H-pyrrole nitrogens is 1. The number of nitrogen functional groups attached to an aromatic ring is 1. The number of fused-ring (bicyclic) bond motifs is 1. The maximum absolute atomic E-state index is 13.6. The molecule has 16 heteroatoms. The second-order valence-corrected chi connectivity index (χ2v) is 10.2. The number of aliphatic hydroxyl groups is 2. The summed E-state index contributed by atoms with van der Waals surface area (Å²) in [7, 11) is -3.06. The van der Waals surface area contributed by atoms with E-state index in [-0.39, 0.29) is 23.0 Å². The van der Waals surface area contributed by atoms with Gasteiger partial charge in [0.05, 0.1) is 25.6 Å². The van der Waals surface area contributed by atoms with Gasteiger partial charge in [0, 0.05) is 0 Å². The lowest BCUT2D eigenvalue weighted by Gasteiger charge is -2.26. The molecule has 1 fully saturated rings. The molecule has 1 aromatic carbocycles. The van der Waals surface area contributed by atoms with Crippen LogP contribution in [0, 0.1) is 0 Å². The number of nitrogens with zero attached hydrogens (tertiary/aromatic N) is 3.